The van der Waals surface area contributed by atoms with E-state index in [1.165, 1.54) is 0 Å². The van der Waals surface area contributed by atoms with E-state index in [1.54, 1.807) is 0 Å². The van der Waals surface area contributed by atoms with Crippen LogP contribution in [0, 0.1) is 5.41 Å². The Labute approximate surface area is 92.6 Å². The summed E-state index contributed by atoms with van der Waals surface area (Å²) in [7, 11) is 0. The van der Waals surface area contributed by atoms with Gasteiger partial charge in [0.05, 0.1) is 12.0 Å². The number of amides is 1. The van der Waals surface area contributed by atoms with E-state index < -0.39 is 11.0 Å². The Bertz CT molecular complexity index is 207. The van der Waals surface area contributed by atoms with Gasteiger partial charge in [0.15, 0.2) is 0 Å². The zero-order valence-electron chi connectivity index (χ0n) is 10.5. The molecule has 4 nitrogen and oxygen atoms in total. The third-order valence-electron chi connectivity index (χ3n) is 2.91. The van der Waals surface area contributed by atoms with E-state index in [2.05, 4.69) is 5.32 Å². The van der Waals surface area contributed by atoms with Gasteiger partial charge in [0.25, 0.3) is 0 Å². The average molecular weight is 216 g/mol. The smallest absolute Gasteiger partial charge is 0.227 e. The normalized spacial score (nSPS) is 12.7. The summed E-state index contributed by atoms with van der Waals surface area (Å²) in [4.78, 5) is 11.8. The number of carbonyl (C=O) groups excluding carboxylic acids is 1. The molecule has 0 heterocycles. The maximum atomic E-state index is 11.8. The molecule has 0 saturated carbocycles. The van der Waals surface area contributed by atoms with Crippen molar-refractivity contribution in [2.45, 2.75) is 40.2 Å². The maximum Gasteiger partial charge on any atom is 0.227 e. The standard InChI is InChI=1S/C11H24N2O2/c1-6-15-8-7-13-9(14)10(2,3)11(4,5)12/h6-8,12H2,1-5H3,(H,13,14). The molecule has 1 amide bonds. The average Bonchev–Trinajstić information content (AvgIpc) is 2.10. The minimum atomic E-state index is -0.584. The molecule has 0 bridgehead atoms. The summed E-state index contributed by atoms with van der Waals surface area (Å²) in [6.45, 7) is 11.1. The Morgan fingerprint density at radius 2 is 1.87 bits per heavy atom. The molecule has 90 valence electrons. The van der Waals surface area contributed by atoms with Crippen molar-refractivity contribution in [3.63, 3.8) is 0 Å². The first-order valence-electron chi connectivity index (χ1n) is 5.38. The number of hydrogen-bond acceptors (Lipinski definition) is 3. The lowest BCUT2D eigenvalue weighted by atomic mass is 9.74. The number of rotatable bonds is 6. The van der Waals surface area contributed by atoms with Gasteiger partial charge in [-0.2, -0.15) is 0 Å². The van der Waals surface area contributed by atoms with Gasteiger partial charge < -0.3 is 15.8 Å². The first-order valence-corrected chi connectivity index (χ1v) is 5.38. The van der Waals surface area contributed by atoms with Crippen LogP contribution in [-0.4, -0.2) is 31.2 Å². The predicted octanol–water partition coefficient (Wildman–Crippen LogP) is 0.903. The SMILES string of the molecule is CCOCCNC(=O)C(C)(C)C(C)(C)N. The number of hydrogen-bond donors (Lipinski definition) is 2. The summed E-state index contributed by atoms with van der Waals surface area (Å²) < 4.78 is 5.14. The van der Waals surface area contributed by atoms with Gasteiger partial charge in [0.2, 0.25) is 5.91 Å². The first kappa shape index (κ1) is 14.4. The van der Waals surface area contributed by atoms with Gasteiger partial charge in [-0.15, -0.1) is 0 Å². The second-order valence-corrected chi connectivity index (χ2v) is 4.80. The molecule has 0 radical (unpaired) electrons. The number of nitrogens with one attached hydrogen (secondary N) is 1. The highest BCUT2D eigenvalue weighted by atomic mass is 16.5. The zero-order chi connectivity index (χ0) is 12.1. The Hall–Kier alpha value is -0.610. The molecule has 0 aliphatic rings. The highest BCUT2D eigenvalue weighted by Crippen LogP contribution is 2.28. The molecule has 0 aromatic carbocycles. The molecule has 4 heteroatoms. The van der Waals surface area contributed by atoms with Crippen LogP contribution < -0.4 is 11.1 Å². The zero-order valence-corrected chi connectivity index (χ0v) is 10.5. The van der Waals surface area contributed by atoms with Crippen molar-refractivity contribution in [3.8, 4) is 0 Å². The minimum Gasteiger partial charge on any atom is -0.380 e. The monoisotopic (exact) mass is 216 g/mol. The highest BCUT2D eigenvalue weighted by Gasteiger charge is 2.40. The summed E-state index contributed by atoms with van der Waals surface area (Å²) in [5.74, 6) is -0.0327. The fraction of sp³-hybridized carbons (Fsp3) is 0.909. The molecule has 0 saturated heterocycles. The van der Waals surface area contributed by atoms with Crippen LogP contribution in [0.1, 0.15) is 34.6 Å². The van der Waals surface area contributed by atoms with Crippen molar-refractivity contribution in [2.75, 3.05) is 19.8 Å². The van der Waals surface area contributed by atoms with Crippen LogP contribution in [0.15, 0.2) is 0 Å². The molecule has 3 N–H and O–H groups in total. The van der Waals surface area contributed by atoms with Gasteiger partial charge in [0, 0.05) is 18.7 Å². The van der Waals surface area contributed by atoms with Crippen molar-refractivity contribution in [2.24, 2.45) is 11.1 Å². The van der Waals surface area contributed by atoms with Crippen molar-refractivity contribution in [1.29, 1.82) is 0 Å². The van der Waals surface area contributed by atoms with E-state index in [1.807, 2.05) is 34.6 Å². The van der Waals surface area contributed by atoms with Crippen LogP contribution in [0.4, 0.5) is 0 Å². The minimum absolute atomic E-state index is 0.0327. The van der Waals surface area contributed by atoms with E-state index in [4.69, 9.17) is 10.5 Å². The Balaban J connectivity index is 4.10. The molecule has 0 aromatic heterocycles. The van der Waals surface area contributed by atoms with E-state index in [0.717, 1.165) is 0 Å². The van der Waals surface area contributed by atoms with Gasteiger partial charge in [0.1, 0.15) is 0 Å². The molecular formula is C11H24N2O2. The van der Waals surface area contributed by atoms with E-state index in [9.17, 15) is 4.79 Å². The third-order valence-corrected chi connectivity index (χ3v) is 2.91. The quantitative estimate of drug-likeness (QED) is 0.648. The molecule has 0 aromatic rings. The fourth-order valence-corrected chi connectivity index (χ4v) is 0.895. The number of ether oxygens (including phenoxy) is 1. The van der Waals surface area contributed by atoms with Gasteiger partial charge in [-0.25, -0.2) is 0 Å². The van der Waals surface area contributed by atoms with Crippen molar-refractivity contribution in [1.82, 2.24) is 5.32 Å². The van der Waals surface area contributed by atoms with Gasteiger partial charge >= 0.3 is 0 Å². The van der Waals surface area contributed by atoms with Crippen LogP contribution in [0.25, 0.3) is 0 Å². The molecule has 0 aliphatic heterocycles. The van der Waals surface area contributed by atoms with Crippen LogP contribution >= 0.6 is 0 Å². The van der Waals surface area contributed by atoms with Crippen molar-refractivity contribution < 1.29 is 9.53 Å². The van der Waals surface area contributed by atoms with E-state index >= 15 is 0 Å². The van der Waals surface area contributed by atoms with Gasteiger partial charge in [-0.05, 0) is 34.6 Å². The molecular weight excluding hydrogens is 192 g/mol. The maximum absolute atomic E-state index is 11.8. The van der Waals surface area contributed by atoms with Crippen LogP contribution in [0.5, 0.6) is 0 Å². The number of carbonyl (C=O) groups is 1. The third kappa shape index (κ3) is 4.18. The second kappa shape index (κ2) is 5.47. The second-order valence-electron chi connectivity index (χ2n) is 4.80. The van der Waals surface area contributed by atoms with Gasteiger partial charge in [-0.1, -0.05) is 0 Å². The summed E-state index contributed by atoms with van der Waals surface area (Å²) >= 11 is 0. The lowest BCUT2D eigenvalue weighted by Crippen LogP contribution is -2.55. The molecule has 0 rings (SSSR count). The van der Waals surface area contributed by atoms with Crippen LogP contribution in [0.2, 0.25) is 0 Å². The van der Waals surface area contributed by atoms with Crippen LogP contribution in [0.3, 0.4) is 0 Å². The Morgan fingerprint density at radius 1 is 1.33 bits per heavy atom. The largest absolute Gasteiger partial charge is 0.380 e. The Morgan fingerprint density at radius 3 is 2.27 bits per heavy atom. The van der Waals surface area contributed by atoms with E-state index in [0.29, 0.717) is 19.8 Å². The molecule has 0 spiro atoms. The molecule has 0 aliphatic carbocycles. The topological polar surface area (TPSA) is 64.3 Å². The lowest BCUT2D eigenvalue weighted by Gasteiger charge is -2.36. The first-order chi connectivity index (χ1) is 6.73. The van der Waals surface area contributed by atoms with Crippen molar-refractivity contribution >= 4 is 5.91 Å². The summed E-state index contributed by atoms with van der Waals surface area (Å²) in [5.41, 5.74) is 4.83. The summed E-state index contributed by atoms with van der Waals surface area (Å²) in [6.07, 6.45) is 0. The molecule has 0 atom stereocenters. The highest BCUT2D eigenvalue weighted by molar-refractivity contribution is 5.83. The predicted molar refractivity (Wildman–Crippen MR) is 61.6 cm³/mol. The number of nitrogens with two attached hydrogens (primary N) is 1. The lowest BCUT2D eigenvalue weighted by molar-refractivity contribution is -0.132. The fourth-order valence-electron chi connectivity index (χ4n) is 0.895. The molecule has 0 unspecified atom stereocenters. The van der Waals surface area contributed by atoms with E-state index in [-0.39, 0.29) is 5.91 Å². The van der Waals surface area contributed by atoms with Crippen LogP contribution in [-0.2, 0) is 9.53 Å². The molecule has 15 heavy (non-hydrogen) atoms. The summed E-state index contributed by atoms with van der Waals surface area (Å²) in [6, 6.07) is 0. The summed E-state index contributed by atoms with van der Waals surface area (Å²) in [5, 5.41) is 2.82. The van der Waals surface area contributed by atoms with Crippen molar-refractivity contribution in [3.05, 3.63) is 0 Å². The van der Waals surface area contributed by atoms with Gasteiger partial charge in [-0.3, -0.25) is 4.79 Å². The molecule has 0 fully saturated rings. The Kier molecular flexibility index (Phi) is 5.24.